The second-order valence-electron chi connectivity index (χ2n) is 5.71. The first-order chi connectivity index (χ1) is 9.56. The number of hydrogen-bond acceptors (Lipinski definition) is 3. The Hall–Kier alpha value is -0.580. The Morgan fingerprint density at radius 3 is 2.65 bits per heavy atom. The summed E-state index contributed by atoms with van der Waals surface area (Å²) in [6, 6.07) is 5.56. The molecule has 112 valence electrons. The Morgan fingerprint density at radius 1 is 1.30 bits per heavy atom. The monoisotopic (exact) mass is 342 g/mol. The molecular weight excluding hydrogens is 320 g/mol. The van der Waals surface area contributed by atoms with Gasteiger partial charge in [-0.25, -0.2) is 0 Å². The summed E-state index contributed by atoms with van der Waals surface area (Å²) < 4.78 is 6.60. The number of halogens is 1. The van der Waals surface area contributed by atoms with Gasteiger partial charge in [0, 0.05) is 10.0 Å². The average molecular weight is 343 g/mol. The third-order valence-electron chi connectivity index (χ3n) is 3.93. The zero-order chi connectivity index (χ0) is 14.5. The molecule has 0 spiro atoms. The summed E-state index contributed by atoms with van der Waals surface area (Å²) in [5.74, 6) is 1.29. The van der Waals surface area contributed by atoms with Crippen molar-refractivity contribution in [3.05, 3.63) is 28.2 Å². The number of aliphatic hydroxyl groups excluding tert-OH is 2. The normalized spacial score (nSPS) is 19.0. The highest BCUT2D eigenvalue weighted by molar-refractivity contribution is 9.10. The standard InChI is InChI=1S/C16H23BrO3/c1-11(18)15-9-13(17)6-7-16(15)20-10-14(19)8-12-4-2-3-5-12/h6-7,9,11-12,14,18-19H,2-5,8,10H2,1H3. The summed E-state index contributed by atoms with van der Waals surface area (Å²) >= 11 is 3.39. The van der Waals surface area contributed by atoms with Crippen LogP contribution in [0.1, 0.15) is 50.7 Å². The van der Waals surface area contributed by atoms with Crippen LogP contribution in [-0.2, 0) is 0 Å². The van der Waals surface area contributed by atoms with Crippen LogP contribution >= 0.6 is 15.9 Å². The van der Waals surface area contributed by atoms with Gasteiger partial charge in [0.2, 0.25) is 0 Å². The smallest absolute Gasteiger partial charge is 0.125 e. The number of ether oxygens (including phenoxy) is 1. The van der Waals surface area contributed by atoms with Gasteiger partial charge in [0.1, 0.15) is 12.4 Å². The number of hydrogen-bond donors (Lipinski definition) is 2. The average Bonchev–Trinajstić information content (AvgIpc) is 2.90. The van der Waals surface area contributed by atoms with Gasteiger partial charge in [0.25, 0.3) is 0 Å². The topological polar surface area (TPSA) is 49.7 Å². The van der Waals surface area contributed by atoms with Crippen LogP contribution in [0.25, 0.3) is 0 Å². The molecule has 2 unspecified atom stereocenters. The van der Waals surface area contributed by atoms with Gasteiger partial charge in [-0.1, -0.05) is 41.6 Å². The Balaban J connectivity index is 1.89. The van der Waals surface area contributed by atoms with Gasteiger partial charge in [0.15, 0.2) is 0 Å². The largest absolute Gasteiger partial charge is 0.491 e. The first kappa shape index (κ1) is 15.8. The zero-order valence-corrected chi connectivity index (χ0v) is 13.5. The van der Waals surface area contributed by atoms with E-state index < -0.39 is 12.2 Å². The zero-order valence-electron chi connectivity index (χ0n) is 11.9. The summed E-state index contributed by atoms with van der Waals surface area (Å²) in [6.45, 7) is 2.00. The molecule has 1 fully saturated rings. The first-order valence-corrected chi connectivity index (χ1v) is 8.14. The molecule has 1 saturated carbocycles. The summed E-state index contributed by atoms with van der Waals surface area (Å²) in [6.07, 6.45) is 4.84. The molecule has 1 aromatic carbocycles. The molecule has 20 heavy (non-hydrogen) atoms. The molecule has 3 nitrogen and oxygen atoms in total. The predicted molar refractivity (Wildman–Crippen MR) is 82.9 cm³/mol. The molecular formula is C16H23BrO3. The minimum Gasteiger partial charge on any atom is -0.491 e. The quantitative estimate of drug-likeness (QED) is 0.826. The molecule has 1 aliphatic rings. The lowest BCUT2D eigenvalue weighted by Gasteiger charge is -2.18. The van der Waals surface area contributed by atoms with Gasteiger partial charge >= 0.3 is 0 Å². The second-order valence-corrected chi connectivity index (χ2v) is 6.62. The summed E-state index contributed by atoms with van der Waals surface area (Å²) in [5, 5.41) is 19.8. The van der Waals surface area contributed by atoms with E-state index in [1.165, 1.54) is 25.7 Å². The van der Waals surface area contributed by atoms with Crippen molar-refractivity contribution >= 4 is 15.9 Å². The van der Waals surface area contributed by atoms with Crippen LogP contribution < -0.4 is 4.74 Å². The van der Waals surface area contributed by atoms with Crippen molar-refractivity contribution in [2.45, 2.75) is 51.2 Å². The number of aliphatic hydroxyl groups is 2. The van der Waals surface area contributed by atoms with Gasteiger partial charge in [-0.15, -0.1) is 0 Å². The van der Waals surface area contributed by atoms with Crippen molar-refractivity contribution in [2.24, 2.45) is 5.92 Å². The van der Waals surface area contributed by atoms with E-state index in [0.29, 0.717) is 11.7 Å². The lowest BCUT2D eigenvalue weighted by molar-refractivity contribution is 0.0832. The van der Waals surface area contributed by atoms with Gasteiger partial charge < -0.3 is 14.9 Å². The molecule has 0 bridgehead atoms. The van der Waals surface area contributed by atoms with Crippen molar-refractivity contribution in [1.82, 2.24) is 0 Å². The van der Waals surface area contributed by atoms with Crippen LogP contribution in [0.3, 0.4) is 0 Å². The van der Waals surface area contributed by atoms with Gasteiger partial charge in [-0.05, 0) is 37.5 Å². The lowest BCUT2D eigenvalue weighted by atomic mass is 10.0. The number of rotatable bonds is 6. The molecule has 0 aliphatic heterocycles. The van der Waals surface area contributed by atoms with Crippen molar-refractivity contribution < 1.29 is 14.9 Å². The fraction of sp³-hybridized carbons (Fsp3) is 0.625. The van der Waals surface area contributed by atoms with Crippen LogP contribution in [0, 0.1) is 5.92 Å². The SMILES string of the molecule is CC(O)c1cc(Br)ccc1OCC(O)CC1CCCC1. The summed E-state index contributed by atoms with van der Waals surface area (Å²) in [5.41, 5.74) is 0.743. The van der Waals surface area contributed by atoms with E-state index in [2.05, 4.69) is 15.9 Å². The van der Waals surface area contributed by atoms with Crippen LogP contribution in [0.5, 0.6) is 5.75 Å². The molecule has 4 heteroatoms. The maximum Gasteiger partial charge on any atom is 0.125 e. The van der Waals surface area contributed by atoms with Crippen molar-refractivity contribution in [3.63, 3.8) is 0 Å². The molecule has 0 radical (unpaired) electrons. The van der Waals surface area contributed by atoms with Crippen LogP contribution in [-0.4, -0.2) is 22.9 Å². The molecule has 2 N–H and O–H groups in total. The Labute approximate surface area is 129 Å². The van der Waals surface area contributed by atoms with E-state index in [-0.39, 0.29) is 6.61 Å². The molecule has 0 amide bonds. The molecule has 0 heterocycles. The maximum atomic E-state index is 10.1. The van der Waals surface area contributed by atoms with Crippen LogP contribution in [0.15, 0.2) is 22.7 Å². The molecule has 0 aromatic heterocycles. The van der Waals surface area contributed by atoms with Gasteiger partial charge in [-0.2, -0.15) is 0 Å². The Bertz CT molecular complexity index is 428. The Kier molecular flexibility index (Phi) is 5.87. The van der Waals surface area contributed by atoms with E-state index >= 15 is 0 Å². The van der Waals surface area contributed by atoms with Crippen LogP contribution in [0.2, 0.25) is 0 Å². The van der Waals surface area contributed by atoms with Gasteiger partial charge in [0.05, 0.1) is 12.2 Å². The molecule has 1 aliphatic carbocycles. The van der Waals surface area contributed by atoms with Crippen LogP contribution in [0.4, 0.5) is 0 Å². The summed E-state index contributed by atoms with van der Waals surface area (Å²) in [7, 11) is 0. The van der Waals surface area contributed by atoms with E-state index in [1.54, 1.807) is 6.92 Å². The van der Waals surface area contributed by atoms with E-state index in [1.807, 2.05) is 18.2 Å². The number of benzene rings is 1. The second kappa shape index (κ2) is 7.43. The first-order valence-electron chi connectivity index (χ1n) is 7.34. The fourth-order valence-corrected chi connectivity index (χ4v) is 3.24. The minimum atomic E-state index is -0.588. The van der Waals surface area contributed by atoms with E-state index in [4.69, 9.17) is 4.74 Å². The van der Waals surface area contributed by atoms with Crippen molar-refractivity contribution in [2.75, 3.05) is 6.61 Å². The highest BCUT2D eigenvalue weighted by atomic mass is 79.9. The van der Waals surface area contributed by atoms with Crippen molar-refractivity contribution in [3.8, 4) is 5.75 Å². The third-order valence-corrected chi connectivity index (χ3v) is 4.43. The van der Waals surface area contributed by atoms with E-state index in [0.717, 1.165) is 16.5 Å². The molecule has 1 aromatic rings. The van der Waals surface area contributed by atoms with Gasteiger partial charge in [-0.3, -0.25) is 0 Å². The molecule has 2 rings (SSSR count). The van der Waals surface area contributed by atoms with Crippen molar-refractivity contribution in [1.29, 1.82) is 0 Å². The fourth-order valence-electron chi connectivity index (χ4n) is 2.86. The lowest BCUT2D eigenvalue weighted by Crippen LogP contribution is -2.21. The third kappa shape index (κ3) is 4.47. The minimum absolute atomic E-state index is 0.290. The van der Waals surface area contributed by atoms with E-state index in [9.17, 15) is 10.2 Å². The maximum absolute atomic E-state index is 10.1. The highest BCUT2D eigenvalue weighted by Gasteiger charge is 2.19. The molecule has 2 atom stereocenters. The highest BCUT2D eigenvalue weighted by Crippen LogP contribution is 2.30. The summed E-state index contributed by atoms with van der Waals surface area (Å²) in [4.78, 5) is 0. The molecule has 0 saturated heterocycles. The predicted octanol–water partition coefficient (Wildman–Crippen LogP) is 3.82. The Morgan fingerprint density at radius 2 is 2.00 bits per heavy atom.